The molecule has 23 heavy (non-hydrogen) atoms. The number of hydrogen-bond acceptors (Lipinski definition) is 4. The number of rotatable bonds is 2. The number of carbonyl (C=O) groups excluding carboxylic acids is 1. The summed E-state index contributed by atoms with van der Waals surface area (Å²) in [5.41, 5.74) is 0. The van der Waals surface area contributed by atoms with Crippen molar-refractivity contribution in [2.45, 2.75) is 38.9 Å². The predicted molar refractivity (Wildman–Crippen MR) is 90.8 cm³/mol. The fourth-order valence-corrected chi connectivity index (χ4v) is 3.64. The lowest BCUT2D eigenvalue weighted by Gasteiger charge is -2.39. The van der Waals surface area contributed by atoms with Crippen LogP contribution < -0.4 is 4.90 Å². The molecule has 2 aliphatic rings. The Hall–Kier alpha value is -1.33. The second-order valence-corrected chi connectivity index (χ2v) is 7.03. The van der Waals surface area contributed by atoms with Gasteiger partial charge in [0.15, 0.2) is 0 Å². The Labute approximate surface area is 142 Å². The first-order chi connectivity index (χ1) is 11.0. The van der Waals surface area contributed by atoms with E-state index in [-0.39, 0.29) is 24.0 Å². The molecule has 1 amide bonds. The van der Waals surface area contributed by atoms with Crippen LogP contribution in [0, 0.1) is 5.92 Å². The highest BCUT2D eigenvalue weighted by Gasteiger charge is 2.32. The first kappa shape index (κ1) is 16.5. The normalized spacial score (nSPS) is 26.4. The van der Waals surface area contributed by atoms with Crippen molar-refractivity contribution in [3.63, 3.8) is 0 Å². The van der Waals surface area contributed by atoms with Gasteiger partial charge in [0, 0.05) is 38.3 Å². The molecule has 0 N–H and O–H groups in total. The van der Waals surface area contributed by atoms with Crippen molar-refractivity contribution in [1.29, 1.82) is 0 Å². The maximum absolute atomic E-state index is 12.8. The fourth-order valence-electron chi connectivity index (χ4n) is 3.53. The van der Waals surface area contributed by atoms with Crippen molar-refractivity contribution >= 4 is 23.3 Å². The Morgan fingerprint density at radius 2 is 1.87 bits per heavy atom. The molecule has 0 bridgehead atoms. The lowest BCUT2D eigenvalue weighted by atomic mass is 9.94. The molecule has 3 heterocycles. The lowest BCUT2D eigenvalue weighted by Crippen LogP contribution is -2.51. The molecule has 126 valence electrons. The van der Waals surface area contributed by atoms with E-state index in [2.05, 4.69) is 9.88 Å². The topological polar surface area (TPSA) is 45.7 Å². The maximum Gasteiger partial charge on any atom is 0.225 e. The molecule has 2 saturated heterocycles. The summed E-state index contributed by atoms with van der Waals surface area (Å²) in [5.74, 6) is 1.35. The van der Waals surface area contributed by atoms with Crippen LogP contribution in [0.3, 0.4) is 0 Å². The van der Waals surface area contributed by atoms with E-state index in [0.717, 1.165) is 31.7 Å². The highest BCUT2D eigenvalue weighted by atomic mass is 35.5. The van der Waals surface area contributed by atoms with Gasteiger partial charge in [-0.05, 0) is 38.8 Å². The number of morpholine rings is 1. The standard InChI is InChI=1S/C17H24ClN3O2/c1-12-10-21(11-13(2)23-12)17(22)14-5-7-20(8-6-14)16-4-3-15(18)9-19-16/h3-4,9,12-14H,5-8,10-11H2,1-2H3/t12-,13-/m0/s1. The Balaban J connectivity index is 1.56. The molecule has 6 heteroatoms. The molecule has 0 aromatic carbocycles. The van der Waals surface area contributed by atoms with Gasteiger partial charge < -0.3 is 14.5 Å². The highest BCUT2D eigenvalue weighted by molar-refractivity contribution is 6.30. The van der Waals surface area contributed by atoms with Crippen LogP contribution in [-0.2, 0) is 9.53 Å². The molecule has 2 aliphatic heterocycles. The SMILES string of the molecule is C[C@H]1CN(C(=O)C2CCN(c3ccc(Cl)cn3)CC2)C[C@H](C)O1. The van der Waals surface area contributed by atoms with Gasteiger partial charge in [0.1, 0.15) is 5.82 Å². The van der Waals surface area contributed by atoms with Crippen LogP contribution >= 0.6 is 11.6 Å². The van der Waals surface area contributed by atoms with Crippen LogP contribution in [0.5, 0.6) is 0 Å². The molecule has 0 spiro atoms. The van der Waals surface area contributed by atoms with Crippen LogP contribution in [0.25, 0.3) is 0 Å². The van der Waals surface area contributed by atoms with E-state index < -0.39 is 0 Å². The molecular formula is C17H24ClN3O2. The van der Waals surface area contributed by atoms with Crippen molar-refractivity contribution in [3.8, 4) is 0 Å². The van der Waals surface area contributed by atoms with Gasteiger partial charge >= 0.3 is 0 Å². The van der Waals surface area contributed by atoms with Gasteiger partial charge in [0.2, 0.25) is 5.91 Å². The number of amides is 1. The lowest BCUT2D eigenvalue weighted by molar-refractivity contribution is -0.148. The molecule has 2 atom stereocenters. The Morgan fingerprint density at radius 3 is 2.43 bits per heavy atom. The van der Waals surface area contributed by atoms with Crippen molar-refractivity contribution in [1.82, 2.24) is 9.88 Å². The molecule has 2 fully saturated rings. The zero-order chi connectivity index (χ0) is 16.4. The molecule has 0 aliphatic carbocycles. The Morgan fingerprint density at radius 1 is 1.22 bits per heavy atom. The highest BCUT2D eigenvalue weighted by Crippen LogP contribution is 2.25. The number of anilines is 1. The average molecular weight is 338 g/mol. The molecule has 5 nitrogen and oxygen atoms in total. The predicted octanol–water partition coefficient (Wildman–Crippen LogP) is 2.59. The summed E-state index contributed by atoms with van der Waals surface area (Å²) in [6.45, 7) is 7.21. The summed E-state index contributed by atoms with van der Waals surface area (Å²) in [7, 11) is 0. The average Bonchev–Trinajstić information content (AvgIpc) is 2.54. The Kier molecular flexibility index (Phi) is 5.07. The van der Waals surface area contributed by atoms with Crippen LogP contribution in [0.2, 0.25) is 5.02 Å². The summed E-state index contributed by atoms with van der Waals surface area (Å²) >= 11 is 5.88. The second-order valence-electron chi connectivity index (χ2n) is 6.60. The van der Waals surface area contributed by atoms with E-state index in [0.29, 0.717) is 18.1 Å². The van der Waals surface area contributed by atoms with Crippen LogP contribution in [0.1, 0.15) is 26.7 Å². The maximum atomic E-state index is 12.8. The van der Waals surface area contributed by atoms with E-state index in [9.17, 15) is 4.79 Å². The number of aromatic nitrogens is 1. The third kappa shape index (κ3) is 3.96. The zero-order valence-corrected chi connectivity index (χ0v) is 14.5. The summed E-state index contributed by atoms with van der Waals surface area (Å²) < 4.78 is 5.72. The zero-order valence-electron chi connectivity index (χ0n) is 13.7. The summed E-state index contributed by atoms with van der Waals surface area (Å²) in [6, 6.07) is 3.80. The molecule has 1 aromatic rings. The number of pyridine rings is 1. The minimum Gasteiger partial charge on any atom is -0.372 e. The number of carbonyl (C=O) groups is 1. The molecule has 0 radical (unpaired) electrons. The molecule has 0 saturated carbocycles. The van der Waals surface area contributed by atoms with Gasteiger partial charge in [0.25, 0.3) is 0 Å². The third-order valence-electron chi connectivity index (χ3n) is 4.61. The van der Waals surface area contributed by atoms with Gasteiger partial charge in [-0.1, -0.05) is 11.6 Å². The fraction of sp³-hybridized carbons (Fsp3) is 0.647. The van der Waals surface area contributed by atoms with Crippen LogP contribution in [-0.4, -0.2) is 54.2 Å². The molecule has 1 aromatic heterocycles. The summed E-state index contributed by atoms with van der Waals surface area (Å²) in [4.78, 5) is 21.3. The quantitative estimate of drug-likeness (QED) is 0.832. The number of ether oxygens (including phenoxy) is 1. The minimum absolute atomic E-state index is 0.121. The van der Waals surface area contributed by atoms with Gasteiger partial charge in [-0.2, -0.15) is 0 Å². The van der Waals surface area contributed by atoms with Crippen molar-refractivity contribution in [2.24, 2.45) is 5.92 Å². The first-order valence-electron chi connectivity index (χ1n) is 8.33. The smallest absolute Gasteiger partial charge is 0.225 e. The number of piperidine rings is 1. The molecular weight excluding hydrogens is 314 g/mol. The summed E-state index contributed by atoms with van der Waals surface area (Å²) in [5, 5.41) is 0.648. The summed E-state index contributed by atoms with van der Waals surface area (Å²) in [6.07, 6.45) is 3.68. The van der Waals surface area contributed by atoms with E-state index in [1.54, 1.807) is 6.20 Å². The third-order valence-corrected chi connectivity index (χ3v) is 4.83. The second kappa shape index (κ2) is 7.05. The Bertz CT molecular complexity index is 533. The van der Waals surface area contributed by atoms with Crippen molar-refractivity contribution in [2.75, 3.05) is 31.1 Å². The number of nitrogens with zero attached hydrogens (tertiary/aromatic N) is 3. The van der Waals surface area contributed by atoms with Crippen LogP contribution in [0.15, 0.2) is 18.3 Å². The van der Waals surface area contributed by atoms with Gasteiger partial charge in [0.05, 0.1) is 17.2 Å². The molecule has 3 rings (SSSR count). The van der Waals surface area contributed by atoms with E-state index >= 15 is 0 Å². The van der Waals surface area contributed by atoms with Crippen LogP contribution in [0.4, 0.5) is 5.82 Å². The molecule has 0 unspecified atom stereocenters. The van der Waals surface area contributed by atoms with E-state index in [1.165, 1.54) is 0 Å². The monoisotopic (exact) mass is 337 g/mol. The van der Waals surface area contributed by atoms with E-state index in [4.69, 9.17) is 16.3 Å². The minimum atomic E-state index is 0.121. The van der Waals surface area contributed by atoms with Crippen molar-refractivity contribution in [3.05, 3.63) is 23.4 Å². The first-order valence-corrected chi connectivity index (χ1v) is 8.71. The number of halogens is 1. The van der Waals surface area contributed by atoms with Crippen molar-refractivity contribution < 1.29 is 9.53 Å². The van der Waals surface area contributed by atoms with E-state index in [1.807, 2.05) is 30.9 Å². The number of hydrogen-bond donors (Lipinski definition) is 0. The van der Waals surface area contributed by atoms with Gasteiger partial charge in [-0.15, -0.1) is 0 Å². The largest absolute Gasteiger partial charge is 0.372 e. The van der Waals surface area contributed by atoms with Gasteiger partial charge in [-0.25, -0.2) is 4.98 Å². The van der Waals surface area contributed by atoms with Gasteiger partial charge in [-0.3, -0.25) is 4.79 Å².